The van der Waals surface area contributed by atoms with Crippen molar-refractivity contribution in [3.63, 3.8) is 0 Å². The average Bonchev–Trinajstić information content (AvgIpc) is 3.52. The normalized spacial score (nSPS) is 11.1. The van der Waals surface area contributed by atoms with E-state index in [0.717, 1.165) is 11.1 Å². The maximum atomic E-state index is 13.1. The van der Waals surface area contributed by atoms with Crippen LogP contribution in [0.5, 0.6) is 5.75 Å². The summed E-state index contributed by atoms with van der Waals surface area (Å²) in [6.45, 7) is 0.566. The lowest BCUT2D eigenvalue weighted by Gasteiger charge is -2.11. The number of anilines is 1. The van der Waals surface area contributed by atoms with Gasteiger partial charge in [0.05, 0.1) is 25.4 Å². The standard InChI is InChI=1S/C24H22N6O6S/c1-4-21(31)26-11-16-12-27-30(14-16)13-15-9-18(35-3)22-19(10-15)36-28-23(22)29-37(33,34)20-8-6-5-7-17(20)24(32)25-2/h1,5-10,12,14H,11,13H2,2-3H3,(H,25,32)(H,26,31)(H,28,29). The Kier molecular flexibility index (Phi) is 7.12. The summed E-state index contributed by atoms with van der Waals surface area (Å²) in [6.07, 6.45) is 8.39. The predicted molar refractivity (Wildman–Crippen MR) is 133 cm³/mol. The van der Waals surface area contributed by atoms with Gasteiger partial charge < -0.3 is 19.9 Å². The molecule has 2 aromatic carbocycles. The Labute approximate surface area is 212 Å². The van der Waals surface area contributed by atoms with Crippen LogP contribution >= 0.6 is 0 Å². The molecule has 0 aliphatic rings. The summed E-state index contributed by atoms with van der Waals surface area (Å²) >= 11 is 0. The first-order chi connectivity index (χ1) is 17.7. The van der Waals surface area contributed by atoms with Gasteiger partial charge in [-0.3, -0.25) is 19.0 Å². The Hall–Kier alpha value is -4.83. The molecule has 0 saturated heterocycles. The zero-order valence-corrected chi connectivity index (χ0v) is 20.6. The average molecular weight is 523 g/mol. The van der Waals surface area contributed by atoms with Crippen molar-refractivity contribution in [2.75, 3.05) is 18.9 Å². The zero-order valence-electron chi connectivity index (χ0n) is 19.8. The van der Waals surface area contributed by atoms with Gasteiger partial charge in [-0.2, -0.15) is 5.10 Å². The fourth-order valence-electron chi connectivity index (χ4n) is 3.62. The molecule has 2 amide bonds. The number of benzene rings is 2. The molecule has 2 aromatic heterocycles. The number of nitrogens with zero attached hydrogens (tertiary/aromatic N) is 3. The molecule has 0 fully saturated rings. The van der Waals surface area contributed by atoms with Crippen LogP contribution in [0, 0.1) is 12.3 Å². The minimum absolute atomic E-state index is 0.0167. The lowest BCUT2D eigenvalue weighted by molar-refractivity contribution is -0.115. The van der Waals surface area contributed by atoms with Gasteiger partial charge in [0.25, 0.3) is 21.8 Å². The van der Waals surface area contributed by atoms with Gasteiger partial charge in [0.15, 0.2) is 11.4 Å². The summed E-state index contributed by atoms with van der Waals surface area (Å²) in [4.78, 5) is 23.2. The van der Waals surface area contributed by atoms with E-state index in [2.05, 4.69) is 25.6 Å². The van der Waals surface area contributed by atoms with E-state index >= 15 is 0 Å². The van der Waals surface area contributed by atoms with Gasteiger partial charge in [0.2, 0.25) is 0 Å². The highest BCUT2D eigenvalue weighted by molar-refractivity contribution is 7.92. The first-order valence-electron chi connectivity index (χ1n) is 10.8. The maximum absolute atomic E-state index is 13.1. The van der Waals surface area contributed by atoms with Gasteiger partial charge in [-0.25, -0.2) is 8.42 Å². The van der Waals surface area contributed by atoms with Crippen LogP contribution in [-0.4, -0.2) is 49.3 Å². The molecule has 0 spiro atoms. The number of nitrogens with one attached hydrogen (secondary N) is 3. The fraction of sp³-hybridized carbons (Fsp3) is 0.167. The molecule has 13 heteroatoms. The Bertz CT molecular complexity index is 1630. The van der Waals surface area contributed by atoms with E-state index < -0.39 is 21.8 Å². The lowest BCUT2D eigenvalue weighted by Crippen LogP contribution is -2.23. The smallest absolute Gasteiger partial charge is 0.295 e. The summed E-state index contributed by atoms with van der Waals surface area (Å²) in [7, 11) is -1.35. The molecule has 0 unspecified atom stereocenters. The van der Waals surface area contributed by atoms with Crippen molar-refractivity contribution in [3.05, 3.63) is 65.5 Å². The van der Waals surface area contributed by atoms with Gasteiger partial charge in [-0.15, -0.1) is 6.42 Å². The number of hydrogen-bond donors (Lipinski definition) is 3. The molecule has 2 heterocycles. The summed E-state index contributed by atoms with van der Waals surface area (Å²) in [5.74, 6) is 1.15. The molecule has 0 radical (unpaired) electrons. The second-order valence-corrected chi connectivity index (χ2v) is 9.41. The molecule has 0 aliphatic heterocycles. The van der Waals surface area contributed by atoms with Crippen molar-refractivity contribution in [1.82, 2.24) is 25.6 Å². The van der Waals surface area contributed by atoms with E-state index in [4.69, 9.17) is 15.7 Å². The number of rotatable bonds is 9. The van der Waals surface area contributed by atoms with E-state index in [1.54, 1.807) is 35.3 Å². The Balaban J connectivity index is 1.61. The molecule has 0 atom stereocenters. The predicted octanol–water partition coefficient (Wildman–Crippen LogP) is 1.49. The first-order valence-corrected chi connectivity index (χ1v) is 12.3. The van der Waals surface area contributed by atoms with Gasteiger partial charge in [-0.05, 0) is 35.7 Å². The first kappa shape index (κ1) is 25.3. The quantitative estimate of drug-likeness (QED) is 0.279. The van der Waals surface area contributed by atoms with Crippen LogP contribution in [0.3, 0.4) is 0 Å². The summed E-state index contributed by atoms with van der Waals surface area (Å²) in [5, 5.41) is 13.5. The molecule has 37 heavy (non-hydrogen) atoms. The Morgan fingerprint density at radius 3 is 2.73 bits per heavy atom. The molecule has 4 aromatic rings. The van der Waals surface area contributed by atoms with Crippen LogP contribution in [0.25, 0.3) is 11.0 Å². The number of aromatic nitrogens is 3. The van der Waals surface area contributed by atoms with Gasteiger partial charge in [0.1, 0.15) is 16.0 Å². The molecule has 12 nitrogen and oxygen atoms in total. The number of carbonyl (C=O) groups is 2. The monoisotopic (exact) mass is 522 g/mol. The molecule has 0 aliphatic carbocycles. The lowest BCUT2D eigenvalue weighted by atomic mass is 10.1. The number of carbonyl (C=O) groups excluding carboxylic acids is 2. The number of terminal acetylenes is 1. The van der Waals surface area contributed by atoms with Crippen LogP contribution in [-0.2, 0) is 27.9 Å². The second-order valence-electron chi connectivity index (χ2n) is 7.76. The number of ether oxygens (including phenoxy) is 1. The van der Waals surface area contributed by atoms with Crippen molar-refractivity contribution >= 4 is 38.6 Å². The van der Waals surface area contributed by atoms with Crippen molar-refractivity contribution < 1.29 is 27.3 Å². The zero-order chi connectivity index (χ0) is 26.6. The molecular weight excluding hydrogens is 500 g/mol. The van der Waals surface area contributed by atoms with Gasteiger partial charge in [0, 0.05) is 25.4 Å². The third-order valence-corrected chi connectivity index (χ3v) is 6.71. The molecule has 4 rings (SSSR count). The van der Waals surface area contributed by atoms with E-state index in [-0.39, 0.29) is 28.4 Å². The number of amides is 2. The van der Waals surface area contributed by atoms with E-state index in [9.17, 15) is 18.0 Å². The minimum atomic E-state index is -4.20. The molecule has 0 saturated carbocycles. The third kappa shape index (κ3) is 5.39. The van der Waals surface area contributed by atoms with Gasteiger partial charge in [-0.1, -0.05) is 17.3 Å². The fourth-order valence-corrected chi connectivity index (χ4v) is 4.83. The molecule has 190 valence electrons. The van der Waals surface area contributed by atoms with E-state index in [0.29, 0.717) is 17.7 Å². The van der Waals surface area contributed by atoms with Crippen LogP contribution < -0.4 is 20.1 Å². The summed E-state index contributed by atoms with van der Waals surface area (Å²) in [6, 6.07) is 9.19. The van der Waals surface area contributed by atoms with Crippen LogP contribution in [0.2, 0.25) is 0 Å². The highest BCUT2D eigenvalue weighted by atomic mass is 32.2. The number of sulfonamides is 1. The highest BCUT2D eigenvalue weighted by Crippen LogP contribution is 2.35. The minimum Gasteiger partial charge on any atom is -0.496 e. The maximum Gasteiger partial charge on any atom is 0.295 e. The molecular formula is C24H22N6O6S. The van der Waals surface area contributed by atoms with E-state index in [1.165, 1.54) is 32.4 Å². The Morgan fingerprint density at radius 1 is 1.22 bits per heavy atom. The van der Waals surface area contributed by atoms with E-state index in [1.807, 2.05) is 5.92 Å². The Morgan fingerprint density at radius 2 is 2.00 bits per heavy atom. The summed E-state index contributed by atoms with van der Waals surface area (Å²) in [5.41, 5.74) is 1.75. The third-order valence-electron chi connectivity index (χ3n) is 5.31. The van der Waals surface area contributed by atoms with Gasteiger partial charge >= 0.3 is 0 Å². The highest BCUT2D eigenvalue weighted by Gasteiger charge is 2.25. The number of hydrogen-bond acceptors (Lipinski definition) is 8. The SMILES string of the molecule is C#CC(=O)NCc1cnn(Cc2cc(OC)c3c(NS(=O)(=O)c4ccccc4C(=O)NC)noc3c2)c1. The van der Waals surface area contributed by atoms with Crippen molar-refractivity contribution in [1.29, 1.82) is 0 Å². The van der Waals surface area contributed by atoms with Crippen molar-refractivity contribution in [2.24, 2.45) is 0 Å². The topological polar surface area (TPSA) is 157 Å². The van der Waals surface area contributed by atoms with Crippen molar-refractivity contribution in [3.8, 4) is 18.1 Å². The second kappa shape index (κ2) is 10.4. The largest absolute Gasteiger partial charge is 0.496 e. The van der Waals surface area contributed by atoms with Crippen molar-refractivity contribution in [2.45, 2.75) is 18.0 Å². The number of fused-ring (bicyclic) bond motifs is 1. The number of methoxy groups -OCH3 is 1. The molecule has 3 N–H and O–H groups in total. The van der Waals surface area contributed by atoms with Crippen LogP contribution in [0.4, 0.5) is 5.82 Å². The van der Waals surface area contributed by atoms with Crippen LogP contribution in [0.15, 0.2) is 58.2 Å². The van der Waals surface area contributed by atoms with Crippen LogP contribution in [0.1, 0.15) is 21.5 Å². The summed E-state index contributed by atoms with van der Waals surface area (Å²) < 4.78 is 41.2. The molecule has 0 bridgehead atoms.